The zero-order chi connectivity index (χ0) is 25.7. The lowest BCUT2D eigenvalue weighted by Gasteiger charge is -2.39. The Morgan fingerprint density at radius 3 is 2.81 bits per heavy atom. The van der Waals surface area contributed by atoms with Crippen molar-refractivity contribution >= 4 is 34.1 Å². The van der Waals surface area contributed by atoms with Crippen molar-refractivity contribution in [1.82, 2.24) is 39.6 Å². The Hall–Kier alpha value is -4.02. The predicted molar refractivity (Wildman–Crippen MR) is 140 cm³/mol. The minimum Gasteiger partial charge on any atom is -0.494 e. The molecule has 0 spiro atoms. The maximum absolute atomic E-state index is 13.4. The number of hydrogen-bond donors (Lipinski definition) is 1. The molecule has 37 heavy (non-hydrogen) atoms. The van der Waals surface area contributed by atoms with Crippen LogP contribution in [-0.4, -0.2) is 73.5 Å². The Morgan fingerprint density at radius 1 is 1.19 bits per heavy atom. The molecule has 0 radical (unpaired) electrons. The summed E-state index contributed by atoms with van der Waals surface area (Å²) in [5, 5.41) is 13.4. The van der Waals surface area contributed by atoms with E-state index in [-0.39, 0.29) is 11.9 Å². The second-order valence-corrected chi connectivity index (χ2v) is 9.81. The molecule has 5 aromatic rings. The lowest BCUT2D eigenvalue weighted by molar-refractivity contribution is 0.0850. The molecule has 4 aromatic heterocycles. The molecule has 1 fully saturated rings. The first-order valence-corrected chi connectivity index (χ1v) is 12.3. The number of benzene rings is 1. The average molecular weight is 517 g/mol. The van der Waals surface area contributed by atoms with Gasteiger partial charge in [-0.2, -0.15) is 10.2 Å². The average Bonchev–Trinajstić information content (AvgIpc) is 3.47. The van der Waals surface area contributed by atoms with Gasteiger partial charge in [-0.1, -0.05) is 11.6 Å². The van der Waals surface area contributed by atoms with Crippen LogP contribution < -0.4 is 10.1 Å². The SMILES string of the molecule is COc1ccc(Cl)cc1-n1nc(C(=O)NC2CC(N(C)C)C2)c2cnc(-c3cnn4cccnc34)cc21. The molecule has 1 aliphatic carbocycles. The number of methoxy groups -OCH3 is 1. The highest BCUT2D eigenvalue weighted by molar-refractivity contribution is 6.30. The number of rotatable bonds is 6. The molecule has 0 bridgehead atoms. The number of carbonyl (C=O) groups excluding carboxylic acids is 1. The van der Waals surface area contributed by atoms with Gasteiger partial charge in [0.2, 0.25) is 0 Å². The van der Waals surface area contributed by atoms with Crippen LogP contribution in [0.3, 0.4) is 0 Å². The van der Waals surface area contributed by atoms with E-state index in [0.717, 1.165) is 18.4 Å². The summed E-state index contributed by atoms with van der Waals surface area (Å²) in [5.41, 5.74) is 3.70. The van der Waals surface area contributed by atoms with Crippen LogP contribution in [-0.2, 0) is 0 Å². The second kappa shape index (κ2) is 9.13. The van der Waals surface area contributed by atoms with Gasteiger partial charge in [-0.15, -0.1) is 0 Å². The van der Waals surface area contributed by atoms with E-state index in [4.69, 9.17) is 21.4 Å². The molecule has 4 heterocycles. The van der Waals surface area contributed by atoms with Crippen molar-refractivity contribution in [2.45, 2.75) is 24.9 Å². The van der Waals surface area contributed by atoms with Gasteiger partial charge in [0.15, 0.2) is 11.3 Å². The van der Waals surface area contributed by atoms with Gasteiger partial charge < -0.3 is 15.0 Å². The number of halogens is 1. The summed E-state index contributed by atoms with van der Waals surface area (Å²) in [6, 6.07) is 9.57. The molecule has 10 nitrogen and oxygen atoms in total. The highest BCUT2D eigenvalue weighted by Gasteiger charge is 2.33. The fraction of sp³-hybridized carbons (Fsp3) is 0.269. The Kier molecular flexibility index (Phi) is 5.77. The third-order valence-corrected chi connectivity index (χ3v) is 7.12. The van der Waals surface area contributed by atoms with E-state index in [2.05, 4.69) is 39.4 Å². The number of nitrogens with zero attached hydrogens (tertiary/aromatic N) is 7. The number of nitrogens with one attached hydrogen (secondary N) is 1. The number of fused-ring (bicyclic) bond motifs is 2. The number of pyridine rings is 1. The monoisotopic (exact) mass is 516 g/mol. The molecule has 1 aromatic carbocycles. The zero-order valence-electron chi connectivity index (χ0n) is 20.6. The minimum absolute atomic E-state index is 0.109. The van der Waals surface area contributed by atoms with E-state index in [1.54, 1.807) is 53.1 Å². The molecule has 1 saturated carbocycles. The number of amides is 1. The first kappa shape index (κ1) is 23.4. The van der Waals surface area contributed by atoms with Crippen molar-refractivity contribution in [3.05, 3.63) is 65.8 Å². The van der Waals surface area contributed by atoms with Crippen LogP contribution in [0.4, 0.5) is 0 Å². The molecule has 0 saturated heterocycles. The number of carbonyl (C=O) groups is 1. The normalized spacial score (nSPS) is 17.3. The molecule has 0 atom stereocenters. The van der Waals surface area contributed by atoms with E-state index in [0.29, 0.717) is 50.4 Å². The molecular weight excluding hydrogens is 492 g/mol. The van der Waals surface area contributed by atoms with Gasteiger partial charge in [0.1, 0.15) is 11.4 Å². The van der Waals surface area contributed by atoms with Crippen LogP contribution in [0.1, 0.15) is 23.3 Å². The Balaban J connectivity index is 1.47. The van der Waals surface area contributed by atoms with Gasteiger partial charge in [-0.3, -0.25) is 9.78 Å². The first-order valence-electron chi connectivity index (χ1n) is 11.9. The maximum atomic E-state index is 13.4. The van der Waals surface area contributed by atoms with Crippen LogP contribution in [0.2, 0.25) is 5.02 Å². The van der Waals surface area contributed by atoms with E-state index >= 15 is 0 Å². The molecule has 1 amide bonds. The van der Waals surface area contributed by atoms with Crippen molar-refractivity contribution in [1.29, 1.82) is 0 Å². The summed E-state index contributed by atoms with van der Waals surface area (Å²) in [5.74, 6) is 0.337. The third kappa shape index (κ3) is 4.08. The van der Waals surface area contributed by atoms with Crippen molar-refractivity contribution in [2.24, 2.45) is 0 Å². The van der Waals surface area contributed by atoms with E-state index < -0.39 is 0 Å². The lowest BCUT2D eigenvalue weighted by Crippen LogP contribution is -2.51. The smallest absolute Gasteiger partial charge is 0.272 e. The summed E-state index contributed by atoms with van der Waals surface area (Å²) in [4.78, 5) is 24.7. The van der Waals surface area contributed by atoms with Crippen molar-refractivity contribution in [3.8, 4) is 22.7 Å². The molecule has 6 rings (SSSR count). The number of ether oxygens (including phenoxy) is 1. The molecule has 0 unspecified atom stereocenters. The standard InChI is InChI=1S/C26H25ClN8O2/c1-33(2)17-10-16(11-17)31-26(36)24-19-13-29-20(18-14-30-34-8-4-7-28-25(18)34)12-21(19)35(32-24)22-9-15(27)5-6-23(22)37-3/h4-9,12-14,16-17H,10-11H2,1-3H3,(H,31,36). The highest BCUT2D eigenvalue weighted by atomic mass is 35.5. The summed E-state index contributed by atoms with van der Waals surface area (Å²) in [6.45, 7) is 0. The predicted octanol–water partition coefficient (Wildman–Crippen LogP) is 3.61. The van der Waals surface area contributed by atoms with Crippen molar-refractivity contribution < 1.29 is 9.53 Å². The van der Waals surface area contributed by atoms with Gasteiger partial charge in [0.25, 0.3) is 5.91 Å². The molecule has 188 valence electrons. The van der Waals surface area contributed by atoms with Gasteiger partial charge in [-0.25, -0.2) is 14.2 Å². The topological polar surface area (TPSA) is 102 Å². The van der Waals surface area contributed by atoms with Crippen molar-refractivity contribution in [3.63, 3.8) is 0 Å². The molecule has 1 N–H and O–H groups in total. The van der Waals surface area contributed by atoms with Crippen LogP contribution in [0.25, 0.3) is 33.5 Å². The maximum Gasteiger partial charge on any atom is 0.272 e. The third-order valence-electron chi connectivity index (χ3n) is 6.88. The van der Waals surface area contributed by atoms with Crippen LogP contribution in [0, 0.1) is 0 Å². The Morgan fingerprint density at radius 2 is 2.03 bits per heavy atom. The first-order chi connectivity index (χ1) is 17.9. The quantitative estimate of drug-likeness (QED) is 0.368. The number of hydrogen-bond acceptors (Lipinski definition) is 7. The Labute approximate surface area is 217 Å². The number of aromatic nitrogens is 6. The highest BCUT2D eigenvalue weighted by Crippen LogP contribution is 2.33. The fourth-order valence-corrected chi connectivity index (χ4v) is 4.89. The van der Waals surface area contributed by atoms with Crippen LogP contribution >= 0.6 is 11.6 Å². The fourth-order valence-electron chi connectivity index (χ4n) is 4.73. The largest absolute Gasteiger partial charge is 0.494 e. The molecule has 11 heteroatoms. The van der Waals surface area contributed by atoms with Crippen molar-refractivity contribution in [2.75, 3.05) is 21.2 Å². The molecule has 1 aliphatic rings. The van der Waals surface area contributed by atoms with E-state index in [1.165, 1.54) is 0 Å². The van der Waals surface area contributed by atoms with Gasteiger partial charge in [-0.05, 0) is 57.3 Å². The zero-order valence-corrected chi connectivity index (χ0v) is 21.3. The van der Waals surface area contributed by atoms with Crippen LogP contribution in [0.15, 0.2) is 55.1 Å². The van der Waals surface area contributed by atoms with Gasteiger partial charge in [0.05, 0.1) is 35.5 Å². The minimum atomic E-state index is -0.237. The molecule has 0 aliphatic heterocycles. The van der Waals surface area contributed by atoms with Gasteiger partial charge >= 0.3 is 0 Å². The summed E-state index contributed by atoms with van der Waals surface area (Å²) in [6.07, 6.45) is 8.75. The summed E-state index contributed by atoms with van der Waals surface area (Å²) < 4.78 is 8.97. The van der Waals surface area contributed by atoms with E-state index in [1.807, 2.05) is 18.3 Å². The lowest BCUT2D eigenvalue weighted by atomic mass is 9.86. The Bertz CT molecular complexity index is 1640. The van der Waals surface area contributed by atoms with Crippen LogP contribution in [0.5, 0.6) is 5.75 Å². The van der Waals surface area contributed by atoms with Gasteiger partial charge in [0, 0.05) is 35.7 Å². The summed E-state index contributed by atoms with van der Waals surface area (Å²) in [7, 11) is 5.69. The second-order valence-electron chi connectivity index (χ2n) is 9.37. The van der Waals surface area contributed by atoms with E-state index in [9.17, 15) is 4.79 Å². The summed E-state index contributed by atoms with van der Waals surface area (Å²) >= 11 is 6.34. The molecular formula is C26H25ClN8O2.